The summed E-state index contributed by atoms with van der Waals surface area (Å²) in [7, 11) is -0.912. The molecule has 6 nitrogen and oxygen atoms in total. The van der Waals surface area contributed by atoms with E-state index in [9.17, 15) is 13.2 Å². The first-order valence-electron chi connectivity index (χ1n) is 7.62. The number of nitrogens with one attached hydrogen (secondary N) is 1. The van der Waals surface area contributed by atoms with E-state index in [1.807, 2.05) is 0 Å². The van der Waals surface area contributed by atoms with Gasteiger partial charge in [0.15, 0.2) is 0 Å². The maximum atomic E-state index is 12.5. The fourth-order valence-corrected chi connectivity index (χ4v) is 3.68. The molecule has 0 aliphatic heterocycles. The minimum Gasteiger partial charge on any atom is -0.492 e. The van der Waals surface area contributed by atoms with Gasteiger partial charge in [-0.25, -0.2) is 12.7 Å². The number of carbonyl (C=O) groups excluding carboxylic acids is 1. The van der Waals surface area contributed by atoms with Gasteiger partial charge in [-0.15, -0.1) is 0 Å². The fraction of sp³-hybridized carbons (Fsp3) is 0.235. The minimum absolute atomic E-state index is 0.0376. The van der Waals surface area contributed by atoms with Crippen LogP contribution in [0.25, 0.3) is 0 Å². The molecule has 0 radical (unpaired) electrons. The Kier molecular flexibility index (Phi) is 6.52. The maximum absolute atomic E-state index is 12.5. The number of amides is 1. The van der Waals surface area contributed by atoms with Gasteiger partial charge in [0.25, 0.3) is 5.91 Å². The summed E-state index contributed by atoms with van der Waals surface area (Å²) in [5.74, 6) is -0.271. The summed E-state index contributed by atoms with van der Waals surface area (Å²) in [6.45, 7) is 2.06. The Morgan fingerprint density at radius 1 is 1.15 bits per heavy atom. The average molecular weight is 417 g/mol. The number of sulfonamides is 1. The number of nitrogens with zero attached hydrogens (tertiary/aromatic N) is 1. The molecule has 0 fully saturated rings. The van der Waals surface area contributed by atoms with Gasteiger partial charge in [0.2, 0.25) is 10.0 Å². The van der Waals surface area contributed by atoms with E-state index in [-0.39, 0.29) is 21.2 Å². The molecule has 0 aliphatic rings. The average Bonchev–Trinajstić information content (AvgIpc) is 2.56. The molecule has 0 aliphatic carbocycles. The molecule has 26 heavy (non-hydrogen) atoms. The predicted octanol–water partition coefficient (Wildman–Crippen LogP) is 3.89. The smallest absolute Gasteiger partial charge is 0.257 e. The zero-order chi connectivity index (χ0) is 19.5. The van der Waals surface area contributed by atoms with Crippen molar-refractivity contribution in [2.24, 2.45) is 0 Å². The van der Waals surface area contributed by atoms with E-state index in [0.29, 0.717) is 17.3 Å². The lowest BCUT2D eigenvalue weighted by molar-refractivity contribution is 0.102. The molecular formula is C17H18Cl2N2O4S. The first kappa shape index (κ1) is 20.5. The molecule has 2 aromatic rings. The number of hydrogen-bond acceptors (Lipinski definition) is 4. The molecule has 0 aromatic heterocycles. The summed E-state index contributed by atoms with van der Waals surface area (Å²) in [6, 6.07) is 8.90. The number of halogens is 2. The van der Waals surface area contributed by atoms with Gasteiger partial charge in [0.1, 0.15) is 10.6 Å². The van der Waals surface area contributed by atoms with Crippen LogP contribution in [0, 0.1) is 0 Å². The first-order valence-corrected chi connectivity index (χ1v) is 9.82. The Morgan fingerprint density at radius 2 is 1.85 bits per heavy atom. The van der Waals surface area contributed by atoms with Crippen molar-refractivity contribution in [1.82, 2.24) is 4.31 Å². The third-order valence-electron chi connectivity index (χ3n) is 3.44. The topological polar surface area (TPSA) is 75.7 Å². The molecule has 9 heteroatoms. The lowest BCUT2D eigenvalue weighted by Crippen LogP contribution is -2.23. The van der Waals surface area contributed by atoms with E-state index in [0.717, 1.165) is 4.31 Å². The molecule has 0 heterocycles. The first-order chi connectivity index (χ1) is 12.2. The summed E-state index contributed by atoms with van der Waals surface area (Å²) >= 11 is 11.9. The Labute approximate surface area is 162 Å². The fourth-order valence-electron chi connectivity index (χ4n) is 2.13. The minimum atomic E-state index is -3.75. The van der Waals surface area contributed by atoms with Crippen LogP contribution in [0.2, 0.25) is 10.0 Å². The largest absolute Gasteiger partial charge is 0.492 e. The van der Waals surface area contributed by atoms with Crippen LogP contribution >= 0.6 is 23.2 Å². The number of ether oxygens (including phenoxy) is 1. The molecule has 1 amide bonds. The van der Waals surface area contributed by atoms with Crippen LogP contribution in [-0.4, -0.2) is 39.3 Å². The van der Waals surface area contributed by atoms with Crippen LogP contribution < -0.4 is 10.1 Å². The van der Waals surface area contributed by atoms with Crippen LogP contribution in [0.1, 0.15) is 17.3 Å². The summed E-state index contributed by atoms with van der Waals surface area (Å²) in [6.07, 6.45) is 0. The van der Waals surface area contributed by atoms with E-state index >= 15 is 0 Å². The zero-order valence-electron chi connectivity index (χ0n) is 14.4. The quantitative estimate of drug-likeness (QED) is 0.774. The van der Waals surface area contributed by atoms with Crippen LogP contribution in [0.5, 0.6) is 5.75 Å². The van der Waals surface area contributed by atoms with Gasteiger partial charge in [-0.1, -0.05) is 23.2 Å². The molecule has 0 saturated heterocycles. The third-order valence-corrected chi connectivity index (χ3v) is 5.82. The molecule has 0 bridgehead atoms. The molecule has 0 saturated carbocycles. The lowest BCUT2D eigenvalue weighted by Gasteiger charge is -2.17. The van der Waals surface area contributed by atoms with Crippen molar-refractivity contribution >= 4 is 44.8 Å². The van der Waals surface area contributed by atoms with Gasteiger partial charge >= 0.3 is 0 Å². The molecule has 0 atom stereocenters. The monoisotopic (exact) mass is 416 g/mol. The molecule has 2 aromatic carbocycles. The van der Waals surface area contributed by atoms with Crippen molar-refractivity contribution in [3.05, 3.63) is 52.0 Å². The second kappa shape index (κ2) is 8.26. The normalized spacial score (nSPS) is 11.5. The van der Waals surface area contributed by atoms with Crippen molar-refractivity contribution in [3.8, 4) is 5.75 Å². The molecule has 2 rings (SSSR count). The summed E-state index contributed by atoms with van der Waals surface area (Å²) in [4.78, 5) is 12.4. The van der Waals surface area contributed by atoms with Crippen LogP contribution in [0.15, 0.2) is 41.3 Å². The SMILES string of the molecule is CCOc1ccc(NC(=O)c2ccc(Cl)cc2Cl)cc1S(=O)(=O)N(C)C. The summed E-state index contributed by atoms with van der Waals surface area (Å²) in [5.41, 5.74) is 0.520. The van der Waals surface area contributed by atoms with Crippen molar-refractivity contribution in [1.29, 1.82) is 0 Å². The van der Waals surface area contributed by atoms with E-state index < -0.39 is 15.9 Å². The number of hydrogen-bond donors (Lipinski definition) is 1. The van der Waals surface area contributed by atoms with Crippen molar-refractivity contribution in [3.63, 3.8) is 0 Å². The Bertz CT molecular complexity index is 930. The Morgan fingerprint density at radius 3 is 2.42 bits per heavy atom. The molecule has 0 spiro atoms. The molecule has 1 N–H and O–H groups in total. The highest BCUT2D eigenvalue weighted by Gasteiger charge is 2.23. The van der Waals surface area contributed by atoms with Gasteiger partial charge in [0, 0.05) is 24.8 Å². The van der Waals surface area contributed by atoms with Gasteiger partial charge in [-0.2, -0.15) is 0 Å². The highest BCUT2D eigenvalue weighted by atomic mass is 35.5. The van der Waals surface area contributed by atoms with E-state index in [1.54, 1.807) is 19.1 Å². The molecule has 0 unspecified atom stereocenters. The second-order valence-electron chi connectivity index (χ2n) is 5.46. The van der Waals surface area contributed by atoms with Crippen LogP contribution in [-0.2, 0) is 10.0 Å². The predicted molar refractivity (Wildman–Crippen MR) is 103 cm³/mol. The third kappa shape index (κ3) is 4.48. The highest BCUT2D eigenvalue weighted by molar-refractivity contribution is 7.89. The van der Waals surface area contributed by atoms with Gasteiger partial charge in [-0.3, -0.25) is 4.79 Å². The summed E-state index contributed by atoms with van der Waals surface area (Å²) < 4.78 is 31.5. The molecular weight excluding hydrogens is 399 g/mol. The second-order valence-corrected chi connectivity index (χ2v) is 8.42. The van der Waals surface area contributed by atoms with Crippen LogP contribution in [0.3, 0.4) is 0 Å². The van der Waals surface area contributed by atoms with Crippen molar-refractivity contribution in [2.45, 2.75) is 11.8 Å². The van der Waals surface area contributed by atoms with Gasteiger partial charge in [0.05, 0.1) is 17.2 Å². The van der Waals surface area contributed by atoms with Crippen LogP contribution in [0.4, 0.5) is 5.69 Å². The Balaban J connectivity index is 2.40. The summed E-state index contributed by atoms with van der Waals surface area (Å²) in [5, 5.41) is 3.24. The Hall–Kier alpha value is -1.80. The lowest BCUT2D eigenvalue weighted by atomic mass is 10.2. The van der Waals surface area contributed by atoms with Gasteiger partial charge in [-0.05, 0) is 43.3 Å². The van der Waals surface area contributed by atoms with E-state index in [2.05, 4.69) is 5.32 Å². The van der Waals surface area contributed by atoms with Gasteiger partial charge < -0.3 is 10.1 Å². The zero-order valence-corrected chi connectivity index (χ0v) is 16.7. The standard InChI is InChI=1S/C17H18Cl2N2O4S/c1-4-25-15-8-6-12(10-16(15)26(23,24)21(2)3)20-17(22)13-7-5-11(18)9-14(13)19/h5-10H,4H2,1-3H3,(H,20,22). The maximum Gasteiger partial charge on any atom is 0.257 e. The number of carbonyl (C=O) groups is 1. The molecule has 140 valence electrons. The van der Waals surface area contributed by atoms with Crippen molar-refractivity contribution in [2.75, 3.05) is 26.0 Å². The van der Waals surface area contributed by atoms with E-state index in [1.165, 1.54) is 38.4 Å². The number of benzene rings is 2. The number of anilines is 1. The van der Waals surface area contributed by atoms with E-state index in [4.69, 9.17) is 27.9 Å². The van der Waals surface area contributed by atoms with Crippen molar-refractivity contribution < 1.29 is 17.9 Å². The highest BCUT2D eigenvalue weighted by Crippen LogP contribution is 2.30. The number of rotatable bonds is 6.